The van der Waals surface area contributed by atoms with Crippen LogP contribution in [0.25, 0.3) is 10.2 Å². The molecule has 1 amide bonds. The quantitative estimate of drug-likeness (QED) is 0.563. The van der Waals surface area contributed by atoms with Gasteiger partial charge in [-0.05, 0) is 43.2 Å². The summed E-state index contributed by atoms with van der Waals surface area (Å²) in [5.74, 6) is 1.60. The topological polar surface area (TPSA) is 70.1 Å². The highest BCUT2D eigenvalue weighted by atomic mass is 32.1. The molecule has 7 nitrogen and oxygen atoms in total. The zero-order chi connectivity index (χ0) is 21.1. The number of anilines is 1. The largest absolute Gasteiger partial charge is 0.494 e. The molecule has 1 unspecified atom stereocenters. The van der Waals surface area contributed by atoms with Crippen molar-refractivity contribution in [2.75, 3.05) is 39.4 Å². The van der Waals surface area contributed by atoms with Gasteiger partial charge < -0.3 is 18.9 Å². The number of benzene rings is 2. The van der Waals surface area contributed by atoms with Crippen LogP contribution in [0.15, 0.2) is 36.4 Å². The first-order chi connectivity index (χ1) is 14.6. The van der Waals surface area contributed by atoms with Crippen LogP contribution in [0.4, 0.5) is 5.13 Å². The van der Waals surface area contributed by atoms with Crippen LogP contribution in [0.2, 0.25) is 0 Å². The van der Waals surface area contributed by atoms with Gasteiger partial charge in [-0.15, -0.1) is 0 Å². The summed E-state index contributed by atoms with van der Waals surface area (Å²) in [5.41, 5.74) is 1.24. The molecule has 3 aromatic rings. The highest BCUT2D eigenvalue weighted by molar-refractivity contribution is 7.22. The van der Waals surface area contributed by atoms with Gasteiger partial charge in [0.2, 0.25) is 0 Å². The van der Waals surface area contributed by atoms with Gasteiger partial charge in [0.25, 0.3) is 5.91 Å². The number of amides is 1. The fourth-order valence-electron chi connectivity index (χ4n) is 3.56. The maximum absolute atomic E-state index is 13.5. The number of carbonyl (C=O) groups is 1. The Hall–Kier alpha value is -2.84. The van der Waals surface area contributed by atoms with E-state index in [9.17, 15) is 4.79 Å². The van der Waals surface area contributed by atoms with Crippen LogP contribution in [0.1, 0.15) is 23.2 Å². The van der Waals surface area contributed by atoms with E-state index in [1.54, 1.807) is 44.4 Å². The van der Waals surface area contributed by atoms with Gasteiger partial charge in [-0.2, -0.15) is 0 Å². The molecular formula is C22H24N2O5S. The second kappa shape index (κ2) is 8.89. The fraction of sp³-hybridized carbons (Fsp3) is 0.364. The Balaban J connectivity index is 1.73. The molecule has 1 aromatic heterocycles. The van der Waals surface area contributed by atoms with Gasteiger partial charge in [-0.3, -0.25) is 9.69 Å². The van der Waals surface area contributed by atoms with Crippen molar-refractivity contribution < 1.29 is 23.7 Å². The summed E-state index contributed by atoms with van der Waals surface area (Å²) in [4.78, 5) is 20.0. The van der Waals surface area contributed by atoms with Crippen molar-refractivity contribution in [2.45, 2.75) is 18.9 Å². The molecule has 4 rings (SSSR count). The Morgan fingerprint density at radius 2 is 1.93 bits per heavy atom. The van der Waals surface area contributed by atoms with Crippen LogP contribution < -0.4 is 19.1 Å². The number of hydrogen-bond donors (Lipinski definition) is 0. The molecule has 1 atom stereocenters. The van der Waals surface area contributed by atoms with Crippen molar-refractivity contribution in [3.05, 3.63) is 42.0 Å². The Morgan fingerprint density at radius 3 is 2.63 bits per heavy atom. The third-order valence-corrected chi connectivity index (χ3v) is 6.15. The lowest BCUT2D eigenvalue weighted by molar-refractivity contribution is 0.0917. The molecule has 0 bridgehead atoms. The number of fused-ring (bicyclic) bond motifs is 1. The SMILES string of the molecule is COc1ccc(C(=O)N(CC2CCCO2)c2nc3c(OC)cccc3s2)cc1OC. The number of hydrogen-bond acceptors (Lipinski definition) is 7. The first-order valence-corrected chi connectivity index (χ1v) is 10.5. The lowest BCUT2D eigenvalue weighted by atomic mass is 10.1. The summed E-state index contributed by atoms with van der Waals surface area (Å²) in [5, 5.41) is 0.616. The third-order valence-electron chi connectivity index (χ3n) is 5.11. The number of thiazole rings is 1. The van der Waals surface area contributed by atoms with Crippen LogP contribution >= 0.6 is 11.3 Å². The molecule has 30 heavy (non-hydrogen) atoms. The molecule has 1 saturated heterocycles. The highest BCUT2D eigenvalue weighted by Crippen LogP contribution is 2.36. The Bertz CT molecular complexity index is 1050. The van der Waals surface area contributed by atoms with E-state index in [-0.39, 0.29) is 12.0 Å². The van der Waals surface area contributed by atoms with Crippen LogP contribution in [0, 0.1) is 0 Å². The van der Waals surface area contributed by atoms with Gasteiger partial charge in [0.1, 0.15) is 11.3 Å². The minimum absolute atomic E-state index is 0.0111. The maximum atomic E-state index is 13.5. The molecule has 0 aliphatic carbocycles. The lowest BCUT2D eigenvalue weighted by Crippen LogP contribution is -2.37. The summed E-state index contributed by atoms with van der Waals surface area (Å²) in [6, 6.07) is 10.9. The zero-order valence-electron chi connectivity index (χ0n) is 17.2. The van der Waals surface area contributed by atoms with Crippen LogP contribution in [0.3, 0.4) is 0 Å². The monoisotopic (exact) mass is 428 g/mol. The standard InChI is InChI=1S/C22H24N2O5S/c1-26-16-10-9-14(12-18(16)28-3)21(25)24(13-15-6-5-11-29-15)22-23-20-17(27-2)7-4-8-19(20)30-22/h4,7-10,12,15H,5-6,11,13H2,1-3H3. The number of rotatable bonds is 7. The van der Waals surface area contributed by atoms with E-state index in [0.29, 0.717) is 34.5 Å². The number of aromatic nitrogens is 1. The van der Waals surface area contributed by atoms with Crippen molar-refractivity contribution in [2.24, 2.45) is 0 Å². The van der Waals surface area contributed by atoms with E-state index in [1.165, 1.54) is 11.3 Å². The summed E-state index contributed by atoms with van der Waals surface area (Å²) in [6.45, 7) is 1.16. The van der Waals surface area contributed by atoms with Gasteiger partial charge in [0, 0.05) is 12.2 Å². The van der Waals surface area contributed by atoms with Crippen LogP contribution in [-0.2, 0) is 4.74 Å². The summed E-state index contributed by atoms with van der Waals surface area (Å²) in [7, 11) is 4.74. The maximum Gasteiger partial charge on any atom is 0.260 e. The summed E-state index contributed by atoms with van der Waals surface area (Å²) < 4.78 is 22.9. The molecule has 0 spiro atoms. The predicted molar refractivity (Wildman–Crippen MR) is 116 cm³/mol. The number of para-hydroxylation sites is 1. The van der Waals surface area contributed by atoms with Crippen molar-refractivity contribution >= 4 is 32.6 Å². The van der Waals surface area contributed by atoms with Crippen LogP contribution in [-0.4, -0.2) is 51.5 Å². The number of nitrogens with zero attached hydrogens (tertiary/aromatic N) is 2. The molecule has 0 saturated carbocycles. The smallest absolute Gasteiger partial charge is 0.260 e. The minimum atomic E-state index is -0.163. The predicted octanol–water partition coefficient (Wildman–Crippen LogP) is 4.15. The van der Waals surface area contributed by atoms with Crippen LogP contribution in [0.5, 0.6) is 17.2 Å². The van der Waals surface area contributed by atoms with Gasteiger partial charge in [0.05, 0.1) is 38.7 Å². The molecule has 0 N–H and O–H groups in total. The summed E-state index contributed by atoms with van der Waals surface area (Å²) >= 11 is 1.46. The van der Waals surface area contributed by atoms with E-state index in [1.807, 2.05) is 18.2 Å². The number of methoxy groups -OCH3 is 3. The Kier molecular flexibility index (Phi) is 6.06. The van der Waals surface area contributed by atoms with E-state index >= 15 is 0 Å². The minimum Gasteiger partial charge on any atom is -0.494 e. The van der Waals surface area contributed by atoms with E-state index in [2.05, 4.69) is 0 Å². The number of ether oxygens (including phenoxy) is 4. The van der Waals surface area contributed by atoms with Crippen molar-refractivity contribution in [3.63, 3.8) is 0 Å². The molecule has 0 radical (unpaired) electrons. The normalized spacial score (nSPS) is 15.9. The first-order valence-electron chi connectivity index (χ1n) is 9.73. The average Bonchev–Trinajstić information content (AvgIpc) is 3.45. The molecule has 158 valence electrons. The van der Waals surface area contributed by atoms with Crippen molar-refractivity contribution in [1.29, 1.82) is 0 Å². The van der Waals surface area contributed by atoms with Crippen molar-refractivity contribution in [1.82, 2.24) is 4.98 Å². The summed E-state index contributed by atoms with van der Waals surface area (Å²) in [6.07, 6.45) is 1.91. The lowest BCUT2D eigenvalue weighted by Gasteiger charge is -2.23. The van der Waals surface area contributed by atoms with Gasteiger partial charge >= 0.3 is 0 Å². The van der Waals surface area contributed by atoms with E-state index in [0.717, 1.165) is 29.7 Å². The fourth-order valence-corrected chi connectivity index (χ4v) is 4.55. The Labute approximate surface area is 179 Å². The zero-order valence-corrected chi connectivity index (χ0v) is 18.0. The van der Waals surface area contributed by atoms with Gasteiger partial charge in [0.15, 0.2) is 16.6 Å². The first kappa shape index (κ1) is 20.4. The molecule has 2 aromatic carbocycles. The molecule has 1 aliphatic rings. The third kappa shape index (κ3) is 3.93. The second-order valence-electron chi connectivity index (χ2n) is 6.92. The molecule has 1 fully saturated rings. The molecule has 2 heterocycles. The molecular weight excluding hydrogens is 404 g/mol. The van der Waals surface area contributed by atoms with Gasteiger partial charge in [-0.25, -0.2) is 4.98 Å². The Morgan fingerprint density at radius 1 is 1.13 bits per heavy atom. The van der Waals surface area contributed by atoms with Gasteiger partial charge in [-0.1, -0.05) is 17.4 Å². The second-order valence-corrected chi connectivity index (χ2v) is 7.93. The molecule has 8 heteroatoms. The highest BCUT2D eigenvalue weighted by Gasteiger charge is 2.28. The van der Waals surface area contributed by atoms with E-state index < -0.39 is 0 Å². The van der Waals surface area contributed by atoms with E-state index in [4.69, 9.17) is 23.9 Å². The molecule has 1 aliphatic heterocycles. The average molecular weight is 429 g/mol. The van der Waals surface area contributed by atoms with Crippen molar-refractivity contribution in [3.8, 4) is 17.2 Å². The number of carbonyl (C=O) groups excluding carboxylic acids is 1.